The maximum absolute atomic E-state index is 12.6. The Hall–Kier alpha value is -1.42. The number of nitrogens with two attached hydrogens (primary N) is 1. The molecule has 0 heterocycles. The first kappa shape index (κ1) is 13.3. The van der Waals surface area contributed by atoms with Gasteiger partial charge in [0.05, 0.1) is 0 Å². The molecule has 5 atom stereocenters. The lowest BCUT2D eigenvalue weighted by molar-refractivity contribution is -0.123. The van der Waals surface area contributed by atoms with Gasteiger partial charge in [0.2, 0.25) is 5.91 Å². The second-order valence-electron chi connectivity index (χ2n) is 6.77. The van der Waals surface area contributed by atoms with Crippen LogP contribution in [-0.2, 0) is 4.79 Å². The van der Waals surface area contributed by atoms with Crippen LogP contribution in [0.5, 0.6) is 0 Å². The fourth-order valence-corrected chi connectivity index (χ4v) is 5.07. The molecule has 3 fully saturated rings. The standard InChI is InChI=1S/C17H20N2OS/c18-16(21)15(9-4-2-1-3-5-9)19-17(20)14-12-10-6-7-11(8-10)13(12)14/h1-5,10-15H,6-8H2,(H2,18,21)(H,19,20). The third kappa shape index (κ3) is 2.08. The van der Waals surface area contributed by atoms with Crippen LogP contribution in [0.15, 0.2) is 30.3 Å². The number of carbonyl (C=O) groups excluding carboxylic acids is 1. The van der Waals surface area contributed by atoms with Crippen molar-refractivity contribution in [3.63, 3.8) is 0 Å². The zero-order chi connectivity index (χ0) is 14.6. The Labute approximate surface area is 130 Å². The summed E-state index contributed by atoms with van der Waals surface area (Å²) in [5, 5.41) is 3.09. The van der Waals surface area contributed by atoms with E-state index >= 15 is 0 Å². The van der Waals surface area contributed by atoms with Crippen molar-refractivity contribution in [1.29, 1.82) is 0 Å². The molecule has 0 saturated heterocycles. The highest BCUT2D eigenvalue weighted by atomic mass is 32.1. The topological polar surface area (TPSA) is 55.1 Å². The molecule has 3 aliphatic carbocycles. The van der Waals surface area contributed by atoms with Crippen molar-refractivity contribution in [2.24, 2.45) is 35.3 Å². The number of thiocarbonyl (C=S) groups is 1. The molecule has 3 N–H and O–H groups in total. The summed E-state index contributed by atoms with van der Waals surface area (Å²) in [5.74, 6) is 3.27. The summed E-state index contributed by atoms with van der Waals surface area (Å²) < 4.78 is 0. The summed E-state index contributed by atoms with van der Waals surface area (Å²) in [6.45, 7) is 0. The number of carbonyl (C=O) groups is 1. The quantitative estimate of drug-likeness (QED) is 0.840. The average Bonchev–Trinajstić information content (AvgIpc) is 2.93. The Morgan fingerprint density at radius 2 is 1.81 bits per heavy atom. The van der Waals surface area contributed by atoms with Gasteiger partial charge in [0.15, 0.2) is 0 Å². The Morgan fingerprint density at radius 1 is 1.19 bits per heavy atom. The van der Waals surface area contributed by atoms with E-state index in [9.17, 15) is 4.79 Å². The maximum atomic E-state index is 12.6. The third-order valence-electron chi connectivity index (χ3n) is 5.74. The molecule has 4 heteroatoms. The Bertz CT molecular complexity index is 572. The predicted octanol–water partition coefficient (Wildman–Crippen LogP) is 2.42. The smallest absolute Gasteiger partial charge is 0.224 e. The minimum atomic E-state index is -0.340. The molecule has 0 aliphatic heterocycles. The molecule has 3 nitrogen and oxygen atoms in total. The first-order valence-corrected chi connectivity index (χ1v) is 8.22. The van der Waals surface area contributed by atoms with Crippen molar-refractivity contribution in [2.45, 2.75) is 25.3 Å². The zero-order valence-corrected chi connectivity index (χ0v) is 12.7. The van der Waals surface area contributed by atoms with Crippen molar-refractivity contribution in [2.75, 3.05) is 0 Å². The second kappa shape index (κ2) is 4.80. The fraction of sp³-hybridized carbons (Fsp3) is 0.529. The molecule has 21 heavy (non-hydrogen) atoms. The molecule has 1 amide bonds. The Balaban J connectivity index is 1.47. The van der Waals surface area contributed by atoms with Gasteiger partial charge in [0, 0.05) is 5.92 Å². The lowest BCUT2D eigenvalue weighted by atomic mass is 10.0. The van der Waals surface area contributed by atoms with Gasteiger partial charge in [-0.3, -0.25) is 4.79 Å². The van der Waals surface area contributed by atoms with Gasteiger partial charge in [0.1, 0.15) is 11.0 Å². The number of benzene rings is 1. The first-order chi connectivity index (χ1) is 10.2. The minimum Gasteiger partial charge on any atom is -0.391 e. The molecular formula is C17H20N2OS. The largest absolute Gasteiger partial charge is 0.391 e. The van der Waals surface area contributed by atoms with E-state index in [4.69, 9.17) is 18.0 Å². The molecule has 110 valence electrons. The van der Waals surface area contributed by atoms with Gasteiger partial charge >= 0.3 is 0 Å². The molecule has 4 rings (SSSR count). The average molecular weight is 300 g/mol. The molecule has 1 aromatic carbocycles. The van der Waals surface area contributed by atoms with E-state index < -0.39 is 0 Å². The first-order valence-electron chi connectivity index (χ1n) is 7.81. The van der Waals surface area contributed by atoms with Gasteiger partial charge < -0.3 is 11.1 Å². The summed E-state index contributed by atoms with van der Waals surface area (Å²) >= 11 is 5.15. The van der Waals surface area contributed by atoms with Crippen LogP contribution < -0.4 is 11.1 Å². The molecule has 0 spiro atoms. The van der Waals surface area contributed by atoms with Crippen molar-refractivity contribution in [1.82, 2.24) is 5.32 Å². The van der Waals surface area contributed by atoms with Gasteiger partial charge in [-0.25, -0.2) is 0 Å². The molecule has 3 saturated carbocycles. The highest BCUT2D eigenvalue weighted by Crippen LogP contribution is 2.69. The fourth-order valence-electron chi connectivity index (χ4n) is 4.88. The molecule has 3 aliphatic rings. The monoisotopic (exact) mass is 300 g/mol. The van der Waals surface area contributed by atoms with Crippen LogP contribution in [0.2, 0.25) is 0 Å². The third-order valence-corrected chi connectivity index (χ3v) is 5.98. The second-order valence-corrected chi connectivity index (χ2v) is 7.24. The van der Waals surface area contributed by atoms with Crippen LogP contribution >= 0.6 is 12.2 Å². The van der Waals surface area contributed by atoms with E-state index in [1.54, 1.807) is 0 Å². The molecule has 1 aromatic rings. The van der Waals surface area contributed by atoms with Crippen molar-refractivity contribution in [3.05, 3.63) is 35.9 Å². The normalized spacial score (nSPS) is 36.9. The zero-order valence-electron chi connectivity index (χ0n) is 11.9. The van der Waals surface area contributed by atoms with Crippen LogP contribution in [0, 0.1) is 29.6 Å². The lowest BCUT2D eigenvalue weighted by Gasteiger charge is -2.19. The lowest BCUT2D eigenvalue weighted by Crippen LogP contribution is -2.38. The van der Waals surface area contributed by atoms with Crippen LogP contribution in [0.4, 0.5) is 0 Å². The van der Waals surface area contributed by atoms with Gasteiger partial charge in [-0.05, 0) is 48.5 Å². The molecule has 2 bridgehead atoms. The number of rotatable bonds is 4. The van der Waals surface area contributed by atoms with Crippen LogP contribution in [0.25, 0.3) is 0 Å². The van der Waals surface area contributed by atoms with Crippen molar-refractivity contribution in [3.8, 4) is 0 Å². The summed E-state index contributed by atoms with van der Waals surface area (Å²) in [5.41, 5.74) is 6.80. The summed E-state index contributed by atoms with van der Waals surface area (Å²) in [4.78, 5) is 12.9. The summed E-state index contributed by atoms with van der Waals surface area (Å²) in [6.07, 6.45) is 4.01. The van der Waals surface area contributed by atoms with Gasteiger partial charge in [-0.2, -0.15) is 0 Å². The Morgan fingerprint density at radius 3 is 2.38 bits per heavy atom. The van der Waals surface area contributed by atoms with Gasteiger partial charge in [-0.1, -0.05) is 42.5 Å². The van der Waals surface area contributed by atoms with Gasteiger partial charge in [-0.15, -0.1) is 0 Å². The highest BCUT2D eigenvalue weighted by Gasteiger charge is 2.67. The summed E-state index contributed by atoms with van der Waals surface area (Å²) in [7, 11) is 0. The van der Waals surface area contributed by atoms with E-state index in [2.05, 4.69) is 5.32 Å². The number of fused-ring (bicyclic) bond motifs is 5. The van der Waals surface area contributed by atoms with Crippen LogP contribution in [0.1, 0.15) is 30.9 Å². The number of amides is 1. The molecular weight excluding hydrogens is 280 g/mol. The molecule has 0 aromatic heterocycles. The number of hydrogen-bond acceptors (Lipinski definition) is 2. The van der Waals surface area contributed by atoms with E-state index in [1.807, 2.05) is 30.3 Å². The van der Waals surface area contributed by atoms with E-state index in [0.29, 0.717) is 16.8 Å². The van der Waals surface area contributed by atoms with Gasteiger partial charge in [0.25, 0.3) is 0 Å². The van der Waals surface area contributed by atoms with E-state index in [0.717, 1.165) is 17.4 Å². The Kier molecular flexibility index (Phi) is 3.03. The number of nitrogens with one attached hydrogen (secondary N) is 1. The SMILES string of the molecule is NC(=S)C(NC(=O)C1C2C3CCC(C3)C12)c1ccccc1. The van der Waals surface area contributed by atoms with E-state index in [1.165, 1.54) is 19.3 Å². The molecule has 5 unspecified atom stereocenters. The highest BCUT2D eigenvalue weighted by molar-refractivity contribution is 7.80. The number of hydrogen-bond donors (Lipinski definition) is 2. The van der Waals surface area contributed by atoms with Crippen molar-refractivity contribution < 1.29 is 4.79 Å². The molecule has 0 radical (unpaired) electrons. The predicted molar refractivity (Wildman–Crippen MR) is 85.4 cm³/mol. The van der Waals surface area contributed by atoms with Crippen molar-refractivity contribution >= 4 is 23.1 Å². The summed E-state index contributed by atoms with van der Waals surface area (Å²) in [6, 6.07) is 9.42. The van der Waals surface area contributed by atoms with Crippen LogP contribution in [0.3, 0.4) is 0 Å². The maximum Gasteiger partial charge on any atom is 0.224 e. The minimum absolute atomic E-state index is 0.156. The van der Waals surface area contributed by atoms with Crippen LogP contribution in [-0.4, -0.2) is 10.9 Å². The van der Waals surface area contributed by atoms with E-state index in [-0.39, 0.29) is 17.9 Å².